The summed E-state index contributed by atoms with van der Waals surface area (Å²) in [6.07, 6.45) is -2.93. The zero-order valence-electron chi connectivity index (χ0n) is 19.6. The fraction of sp³-hybridized carbons (Fsp3) is 0.222. The van der Waals surface area contributed by atoms with Gasteiger partial charge in [-0.05, 0) is 46.9 Å². The molecule has 0 spiro atoms. The molecule has 2 unspecified atom stereocenters. The molecule has 0 heterocycles. The standard InChI is InChI=1S/C27H27N3O6/c1-16(25(32)30-18-12-10-17(11-13-18)24(31)14-28-26(33)34)29-27(35)36-15-23-21-8-4-2-6-19(21)20-7-3-5-9-22(20)23/h2-13,16,23-24,28,31H,14-15H2,1H3,(H,29,35)(H,30,32)(H,33,34). The third-order valence-corrected chi connectivity index (χ3v) is 6.08. The van der Waals surface area contributed by atoms with Crippen LogP contribution in [0.2, 0.25) is 0 Å². The lowest BCUT2D eigenvalue weighted by Gasteiger charge is -2.17. The number of aliphatic hydroxyl groups is 1. The maximum absolute atomic E-state index is 12.5. The topological polar surface area (TPSA) is 137 Å². The van der Waals surface area contributed by atoms with Gasteiger partial charge in [0.25, 0.3) is 0 Å². The van der Waals surface area contributed by atoms with Crippen LogP contribution in [0.5, 0.6) is 0 Å². The van der Waals surface area contributed by atoms with Gasteiger partial charge in [0.05, 0.1) is 12.6 Å². The minimum absolute atomic E-state index is 0.0770. The monoisotopic (exact) mass is 489 g/mol. The fourth-order valence-electron chi connectivity index (χ4n) is 4.22. The maximum Gasteiger partial charge on any atom is 0.407 e. The fourth-order valence-corrected chi connectivity index (χ4v) is 4.22. The van der Waals surface area contributed by atoms with Gasteiger partial charge in [-0.15, -0.1) is 0 Å². The average Bonchev–Trinajstić information content (AvgIpc) is 3.20. The zero-order chi connectivity index (χ0) is 25.7. The van der Waals surface area contributed by atoms with Crippen LogP contribution in [0.3, 0.4) is 0 Å². The minimum Gasteiger partial charge on any atom is -0.465 e. The van der Waals surface area contributed by atoms with E-state index < -0.39 is 30.2 Å². The van der Waals surface area contributed by atoms with Crippen LogP contribution >= 0.6 is 0 Å². The number of hydrogen-bond acceptors (Lipinski definition) is 5. The van der Waals surface area contributed by atoms with Crippen molar-refractivity contribution in [3.05, 3.63) is 89.5 Å². The summed E-state index contributed by atoms with van der Waals surface area (Å²) < 4.78 is 5.49. The van der Waals surface area contributed by atoms with Gasteiger partial charge in [0.15, 0.2) is 0 Å². The van der Waals surface area contributed by atoms with E-state index in [0.29, 0.717) is 11.3 Å². The normalized spacial score (nSPS) is 13.6. The summed E-state index contributed by atoms with van der Waals surface area (Å²) in [7, 11) is 0. The van der Waals surface area contributed by atoms with Crippen molar-refractivity contribution in [1.82, 2.24) is 10.6 Å². The molecule has 3 aromatic carbocycles. The molecular formula is C27H27N3O6. The Kier molecular flexibility index (Phi) is 7.50. The molecular weight excluding hydrogens is 462 g/mol. The van der Waals surface area contributed by atoms with Crippen molar-refractivity contribution in [3.8, 4) is 11.1 Å². The van der Waals surface area contributed by atoms with Gasteiger partial charge in [0, 0.05) is 11.6 Å². The van der Waals surface area contributed by atoms with Gasteiger partial charge < -0.3 is 30.9 Å². The van der Waals surface area contributed by atoms with Gasteiger partial charge in [-0.1, -0.05) is 60.7 Å². The Balaban J connectivity index is 1.28. The molecule has 5 N–H and O–H groups in total. The van der Waals surface area contributed by atoms with Gasteiger partial charge in [0.1, 0.15) is 12.6 Å². The first kappa shape index (κ1) is 24.7. The number of carboxylic acid groups (broad SMARTS) is 1. The predicted octanol–water partition coefficient (Wildman–Crippen LogP) is 3.85. The second-order valence-electron chi connectivity index (χ2n) is 8.50. The number of carbonyl (C=O) groups excluding carboxylic acids is 2. The first-order valence-electron chi connectivity index (χ1n) is 11.5. The van der Waals surface area contributed by atoms with E-state index in [2.05, 4.69) is 28.1 Å². The number of alkyl carbamates (subject to hydrolysis) is 1. The predicted molar refractivity (Wildman–Crippen MR) is 134 cm³/mol. The van der Waals surface area contributed by atoms with Crippen molar-refractivity contribution in [1.29, 1.82) is 0 Å². The number of carbonyl (C=O) groups is 3. The summed E-state index contributed by atoms with van der Waals surface area (Å²) in [5.74, 6) is -0.517. The van der Waals surface area contributed by atoms with Crippen LogP contribution in [0.1, 0.15) is 35.6 Å². The number of rotatable bonds is 8. The zero-order valence-corrected chi connectivity index (χ0v) is 19.6. The highest BCUT2D eigenvalue weighted by molar-refractivity contribution is 5.96. The molecule has 0 aliphatic heterocycles. The van der Waals surface area contributed by atoms with Crippen LogP contribution < -0.4 is 16.0 Å². The SMILES string of the molecule is CC(NC(=O)OCC1c2ccccc2-c2ccccc21)C(=O)Nc1ccc(C(O)CNC(=O)O)cc1. The minimum atomic E-state index is -1.23. The van der Waals surface area contributed by atoms with E-state index in [1.807, 2.05) is 36.4 Å². The van der Waals surface area contributed by atoms with Gasteiger partial charge in [-0.2, -0.15) is 0 Å². The maximum atomic E-state index is 12.5. The number of fused-ring (bicyclic) bond motifs is 3. The smallest absolute Gasteiger partial charge is 0.407 e. The van der Waals surface area contributed by atoms with E-state index in [9.17, 15) is 19.5 Å². The quantitative estimate of drug-likeness (QED) is 0.326. The van der Waals surface area contributed by atoms with Crippen molar-refractivity contribution in [2.24, 2.45) is 0 Å². The lowest BCUT2D eigenvalue weighted by molar-refractivity contribution is -0.117. The summed E-state index contributed by atoms with van der Waals surface area (Å²) >= 11 is 0. The summed E-state index contributed by atoms with van der Waals surface area (Å²) in [6, 6.07) is 21.5. The molecule has 0 aromatic heterocycles. The molecule has 36 heavy (non-hydrogen) atoms. The molecule has 0 bridgehead atoms. The van der Waals surface area contributed by atoms with Crippen LogP contribution in [-0.2, 0) is 9.53 Å². The summed E-state index contributed by atoms with van der Waals surface area (Å²) in [4.78, 5) is 35.5. The molecule has 0 fully saturated rings. The molecule has 3 amide bonds. The molecule has 3 aromatic rings. The molecule has 0 radical (unpaired) electrons. The summed E-state index contributed by atoms with van der Waals surface area (Å²) in [5, 5.41) is 26.0. The second kappa shape index (κ2) is 10.9. The molecule has 9 nitrogen and oxygen atoms in total. The largest absolute Gasteiger partial charge is 0.465 e. The Morgan fingerprint density at radius 1 is 0.917 bits per heavy atom. The lowest BCUT2D eigenvalue weighted by atomic mass is 9.98. The van der Waals surface area contributed by atoms with Crippen LogP contribution in [0, 0.1) is 0 Å². The van der Waals surface area contributed by atoms with E-state index in [1.54, 1.807) is 31.2 Å². The molecule has 9 heteroatoms. The molecule has 1 aliphatic carbocycles. The number of anilines is 1. The highest BCUT2D eigenvalue weighted by Gasteiger charge is 2.29. The number of ether oxygens (including phenoxy) is 1. The first-order chi connectivity index (χ1) is 17.3. The molecule has 1 aliphatic rings. The Labute approximate surface area is 208 Å². The number of amides is 3. The van der Waals surface area contributed by atoms with E-state index in [0.717, 1.165) is 22.3 Å². The van der Waals surface area contributed by atoms with Crippen LogP contribution in [0.4, 0.5) is 15.3 Å². The molecule has 186 valence electrons. The number of benzene rings is 3. The van der Waals surface area contributed by atoms with Gasteiger partial charge in [-0.3, -0.25) is 4.79 Å². The second-order valence-corrected chi connectivity index (χ2v) is 8.50. The molecule has 0 saturated carbocycles. The van der Waals surface area contributed by atoms with Crippen LogP contribution in [0.15, 0.2) is 72.8 Å². The van der Waals surface area contributed by atoms with Crippen molar-refractivity contribution in [2.45, 2.75) is 25.0 Å². The van der Waals surface area contributed by atoms with Crippen molar-refractivity contribution in [2.75, 3.05) is 18.5 Å². The van der Waals surface area contributed by atoms with Crippen LogP contribution in [0.25, 0.3) is 11.1 Å². The highest BCUT2D eigenvalue weighted by Crippen LogP contribution is 2.44. The van der Waals surface area contributed by atoms with E-state index in [4.69, 9.17) is 9.84 Å². The third kappa shape index (κ3) is 5.64. The number of hydrogen-bond donors (Lipinski definition) is 5. The van der Waals surface area contributed by atoms with E-state index in [1.165, 1.54) is 0 Å². The van der Waals surface area contributed by atoms with E-state index in [-0.39, 0.29) is 19.1 Å². The van der Waals surface area contributed by atoms with Gasteiger partial charge in [-0.25, -0.2) is 9.59 Å². The Morgan fingerprint density at radius 3 is 2.08 bits per heavy atom. The van der Waals surface area contributed by atoms with Crippen molar-refractivity contribution >= 4 is 23.8 Å². The number of nitrogens with one attached hydrogen (secondary N) is 3. The number of aliphatic hydroxyl groups excluding tert-OH is 1. The summed E-state index contributed by atoms with van der Waals surface area (Å²) in [5.41, 5.74) is 5.42. The summed E-state index contributed by atoms with van der Waals surface area (Å²) in [6.45, 7) is 1.54. The van der Waals surface area contributed by atoms with E-state index >= 15 is 0 Å². The molecule has 2 atom stereocenters. The lowest BCUT2D eigenvalue weighted by Crippen LogP contribution is -2.42. The highest BCUT2D eigenvalue weighted by atomic mass is 16.5. The van der Waals surface area contributed by atoms with Crippen molar-refractivity contribution < 1.29 is 29.3 Å². The van der Waals surface area contributed by atoms with Crippen molar-refractivity contribution in [3.63, 3.8) is 0 Å². The first-order valence-corrected chi connectivity index (χ1v) is 11.5. The van der Waals surface area contributed by atoms with Gasteiger partial charge >= 0.3 is 12.2 Å². The van der Waals surface area contributed by atoms with Crippen LogP contribution in [-0.4, -0.2) is 47.5 Å². The average molecular weight is 490 g/mol. The molecule has 0 saturated heterocycles. The molecule has 4 rings (SSSR count). The van der Waals surface area contributed by atoms with Gasteiger partial charge in [0.2, 0.25) is 5.91 Å². The Hall–Kier alpha value is -4.37. The Bertz CT molecular complexity index is 1210. The Morgan fingerprint density at radius 2 is 1.50 bits per heavy atom. The third-order valence-electron chi connectivity index (χ3n) is 6.08.